The lowest BCUT2D eigenvalue weighted by Crippen LogP contribution is -2.11. The van der Waals surface area contributed by atoms with E-state index < -0.39 is 11.7 Å². The molecule has 0 saturated carbocycles. The van der Waals surface area contributed by atoms with Gasteiger partial charge in [-0.2, -0.15) is 0 Å². The van der Waals surface area contributed by atoms with E-state index in [1.54, 1.807) is 16.8 Å². The van der Waals surface area contributed by atoms with E-state index in [1.807, 2.05) is 37.3 Å². The molecule has 4 rings (SSSR count). The van der Waals surface area contributed by atoms with E-state index in [0.29, 0.717) is 0 Å². The molecule has 0 bridgehead atoms. The molecular formula is C18H14N4O4. The molecule has 0 radical (unpaired) electrons. The normalized spacial score (nSPS) is 11.1. The summed E-state index contributed by atoms with van der Waals surface area (Å²) in [5.74, 6) is -1.49. The first kappa shape index (κ1) is 15.8. The molecule has 2 N–H and O–H groups in total. The molecule has 0 saturated heterocycles. The van der Waals surface area contributed by atoms with E-state index in [4.69, 9.17) is 0 Å². The van der Waals surface area contributed by atoms with Crippen molar-refractivity contribution in [3.8, 4) is 11.1 Å². The van der Waals surface area contributed by atoms with Crippen LogP contribution < -0.4 is 5.76 Å². The van der Waals surface area contributed by atoms with Crippen LogP contribution in [0.5, 0.6) is 0 Å². The number of aromatic carboxylic acids is 1. The molecule has 4 aromatic rings. The van der Waals surface area contributed by atoms with Crippen molar-refractivity contribution in [3.05, 3.63) is 70.4 Å². The highest BCUT2D eigenvalue weighted by Gasteiger charge is 2.17. The first-order valence-electron chi connectivity index (χ1n) is 7.86. The number of rotatable bonds is 4. The molecule has 0 spiro atoms. The Hall–Kier alpha value is -3.68. The quantitative estimate of drug-likeness (QED) is 0.584. The lowest BCUT2D eigenvalue weighted by Gasteiger charge is -2.07. The van der Waals surface area contributed by atoms with E-state index >= 15 is 0 Å². The van der Waals surface area contributed by atoms with Crippen LogP contribution in [0.4, 0.5) is 0 Å². The van der Waals surface area contributed by atoms with Crippen molar-refractivity contribution in [1.29, 1.82) is 0 Å². The number of fused-ring (bicyclic) bond motifs is 1. The van der Waals surface area contributed by atoms with Crippen LogP contribution in [-0.2, 0) is 6.54 Å². The Bertz CT molecular complexity index is 1190. The third-order valence-electron chi connectivity index (χ3n) is 4.14. The van der Waals surface area contributed by atoms with Gasteiger partial charge in [0.25, 0.3) is 0 Å². The molecule has 0 unspecified atom stereocenters. The maximum Gasteiger partial charge on any atom is 0.438 e. The van der Waals surface area contributed by atoms with Crippen molar-refractivity contribution < 1.29 is 14.4 Å². The van der Waals surface area contributed by atoms with Crippen molar-refractivity contribution in [2.75, 3.05) is 0 Å². The number of nitrogens with one attached hydrogen (secondary N) is 1. The number of carboxylic acid groups (broad SMARTS) is 1. The molecule has 26 heavy (non-hydrogen) atoms. The Morgan fingerprint density at radius 1 is 1.23 bits per heavy atom. The third kappa shape index (κ3) is 2.77. The van der Waals surface area contributed by atoms with Gasteiger partial charge in [-0.05, 0) is 48.4 Å². The Labute approximate surface area is 146 Å². The summed E-state index contributed by atoms with van der Waals surface area (Å²) in [5, 5.41) is 13.9. The van der Waals surface area contributed by atoms with Gasteiger partial charge in [-0.3, -0.25) is 14.5 Å². The van der Waals surface area contributed by atoms with Crippen LogP contribution >= 0.6 is 0 Å². The summed E-state index contributed by atoms with van der Waals surface area (Å²) in [6, 6.07) is 11.2. The molecule has 1 aromatic carbocycles. The molecular weight excluding hydrogens is 336 g/mol. The number of hydrogen-bond donors (Lipinski definition) is 2. The zero-order chi connectivity index (χ0) is 18.3. The van der Waals surface area contributed by atoms with E-state index in [-0.39, 0.29) is 18.1 Å². The van der Waals surface area contributed by atoms with Crippen LogP contribution in [0.2, 0.25) is 0 Å². The summed E-state index contributed by atoms with van der Waals surface area (Å²) in [6.45, 7) is 2.00. The standard InChI is InChI=1S/C18H14N4O4/c1-10-6-12(4-5-19-10)11-2-3-14-13(7-11)8-15(17(23)24)22(14)9-16-20-18(25)26-21-16/h2-8H,9H2,1H3,(H,23,24)(H,20,21,25). The van der Waals surface area contributed by atoms with E-state index in [1.165, 1.54) is 0 Å². The summed E-state index contributed by atoms with van der Waals surface area (Å²) in [6.07, 6.45) is 1.74. The molecule has 0 aliphatic heterocycles. The summed E-state index contributed by atoms with van der Waals surface area (Å²) in [5.41, 5.74) is 3.70. The van der Waals surface area contributed by atoms with Gasteiger partial charge in [0.2, 0.25) is 0 Å². The second kappa shape index (κ2) is 5.99. The molecule has 0 aliphatic rings. The molecule has 130 valence electrons. The van der Waals surface area contributed by atoms with Crippen molar-refractivity contribution in [2.24, 2.45) is 0 Å². The second-order valence-corrected chi connectivity index (χ2v) is 5.92. The molecule has 0 atom stereocenters. The third-order valence-corrected chi connectivity index (χ3v) is 4.14. The van der Waals surface area contributed by atoms with E-state index in [2.05, 4.69) is 19.6 Å². The number of carboxylic acids is 1. The van der Waals surface area contributed by atoms with Gasteiger partial charge in [0.15, 0.2) is 5.82 Å². The number of pyridine rings is 1. The van der Waals surface area contributed by atoms with Crippen molar-refractivity contribution in [1.82, 2.24) is 19.7 Å². The Kier molecular flexibility index (Phi) is 3.65. The van der Waals surface area contributed by atoms with E-state index in [0.717, 1.165) is 27.7 Å². The maximum atomic E-state index is 11.6. The maximum absolute atomic E-state index is 11.6. The number of hydrogen-bond acceptors (Lipinski definition) is 5. The van der Waals surface area contributed by atoms with Gasteiger partial charge in [-0.15, -0.1) is 0 Å². The van der Waals surface area contributed by atoms with Gasteiger partial charge in [0, 0.05) is 22.8 Å². The van der Waals surface area contributed by atoms with Crippen molar-refractivity contribution >= 4 is 16.9 Å². The predicted molar refractivity (Wildman–Crippen MR) is 93.1 cm³/mol. The van der Waals surface area contributed by atoms with Crippen LogP contribution in [-0.4, -0.2) is 30.8 Å². The fraction of sp³-hybridized carbons (Fsp3) is 0.111. The number of aryl methyl sites for hydroxylation is 1. The van der Waals surface area contributed by atoms with Crippen LogP contribution in [0.3, 0.4) is 0 Å². The first-order chi connectivity index (χ1) is 12.5. The zero-order valence-electron chi connectivity index (χ0n) is 13.8. The van der Waals surface area contributed by atoms with Crippen LogP contribution in [0.15, 0.2) is 51.9 Å². The average Bonchev–Trinajstić information content (AvgIpc) is 3.18. The molecule has 8 nitrogen and oxygen atoms in total. The van der Waals surface area contributed by atoms with Crippen molar-refractivity contribution in [3.63, 3.8) is 0 Å². The average molecular weight is 350 g/mol. The number of carbonyl (C=O) groups is 1. The molecule has 3 aromatic heterocycles. The van der Waals surface area contributed by atoms with E-state index in [9.17, 15) is 14.7 Å². The highest BCUT2D eigenvalue weighted by atomic mass is 16.5. The smallest absolute Gasteiger partial charge is 0.438 e. The summed E-state index contributed by atoms with van der Waals surface area (Å²) in [7, 11) is 0. The molecule has 0 amide bonds. The minimum Gasteiger partial charge on any atom is -0.477 e. The van der Waals surface area contributed by atoms with Crippen LogP contribution in [0.25, 0.3) is 22.0 Å². The van der Waals surface area contributed by atoms with Gasteiger partial charge in [0.1, 0.15) is 5.69 Å². The molecule has 0 fully saturated rings. The van der Waals surface area contributed by atoms with Crippen LogP contribution in [0.1, 0.15) is 22.0 Å². The summed E-state index contributed by atoms with van der Waals surface area (Å²) < 4.78 is 6.06. The fourth-order valence-electron chi connectivity index (χ4n) is 3.00. The molecule has 3 heterocycles. The number of benzene rings is 1. The first-order valence-corrected chi connectivity index (χ1v) is 7.86. The molecule has 0 aliphatic carbocycles. The fourth-order valence-corrected chi connectivity index (χ4v) is 3.00. The predicted octanol–water partition coefficient (Wildman–Crippen LogP) is 2.43. The largest absolute Gasteiger partial charge is 0.477 e. The number of aromatic nitrogens is 4. The zero-order valence-corrected chi connectivity index (χ0v) is 13.8. The summed E-state index contributed by atoms with van der Waals surface area (Å²) in [4.78, 5) is 29.4. The highest BCUT2D eigenvalue weighted by Crippen LogP contribution is 2.27. The van der Waals surface area contributed by atoms with Gasteiger partial charge in [-0.25, -0.2) is 9.59 Å². The Balaban J connectivity index is 1.84. The Morgan fingerprint density at radius 2 is 2.04 bits per heavy atom. The van der Waals surface area contributed by atoms with Gasteiger partial charge in [-0.1, -0.05) is 11.2 Å². The van der Waals surface area contributed by atoms with Crippen molar-refractivity contribution in [2.45, 2.75) is 13.5 Å². The van der Waals surface area contributed by atoms with Gasteiger partial charge in [0.05, 0.1) is 6.54 Å². The number of nitrogens with zero attached hydrogens (tertiary/aromatic N) is 3. The summed E-state index contributed by atoms with van der Waals surface area (Å²) >= 11 is 0. The molecule has 8 heteroatoms. The SMILES string of the molecule is Cc1cc(-c2ccc3c(c2)cc(C(=O)O)n3Cc2noc(=O)[nH]2)ccn1. The lowest BCUT2D eigenvalue weighted by atomic mass is 10.0. The number of aromatic amines is 1. The minimum absolute atomic E-state index is 0.0879. The second-order valence-electron chi connectivity index (χ2n) is 5.92. The minimum atomic E-state index is -1.06. The number of H-pyrrole nitrogens is 1. The Morgan fingerprint density at radius 3 is 2.73 bits per heavy atom. The van der Waals surface area contributed by atoms with Crippen LogP contribution in [0, 0.1) is 6.92 Å². The topological polar surface area (TPSA) is 114 Å². The van der Waals surface area contributed by atoms with Gasteiger partial charge >= 0.3 is 11.7 Å². The monoisotopic (exact) mass is 350 g/mol. The lowest BCUT2D eigenvalue weighted by molar-refractivity contribution is 0.0686. The van der Waals surface area contributed by atoms with Gasteiger partial charge < -0.3 is 9.67 Å². The highest BCUT2D eigenvalue weighted by molar-refractivity contribution is 5.96.